The van der Waals surface area contributed by atoms with Crippen molar-refractivity contribution in [3.8, 4) is 0 Å². The molecule has 1 amide bonds. The van der Waals surface area contributed by atoms with Gasteiger partial charge in [-0.2, -0.15) is 10.1 Å². The van der Waals surface area contributed by atoms with Crippen LogP contribution in [0.15, 0.2) is 71.8 Å². The van der Waals surface area contributed by atoms with Gasteiger partial charge in [0.2, 0.25) is 5.13 Å². The second-order valence-corrected chi connectivity index (χ2v) is 7.76. The predicted octanol–water partition coefficient (Wildman–Crippen LogP) is 5.03. The minimum Gasteiger partial charge on any atom is -0.272 e. The van der Waals surface area contributed by atoms with Gasteiger partial charge in [0, 0.05) is 5.71 Å². The highest BCUT2D eigenvalue weighted by atomic mass is 32.1. The lowest BCUT2D eigenvalue weighted by Crippen LogP contribution is -2.28. The standard InChI is InChI=1S/C22H17N3OS/c1-14-18(13-16-9-6-8-15-7-2-3-10-17(15)16)21(26)25(24-14)22-23-19-11-4-5-12-20(19)27-22/h2-12,18H,13H2,1H3/t18-/m1/s1. The third kappa shape index (κ3) is 2.71. The van der Waals surface area contributed by atoms with Crippen molar-refractivity contribution in [1.82, 2.24) is 4.98 Å². The molecule has 4 nitrogen and oxygen atoms in total. The van der Waals surface area contributed by atoms with E-state index in [2.05, 4.69) is 40.4 Å². The summed E-state index contributed by atoms with van der Waals surface area (Å²) in [5.41, 5.74) is 2.91. The van der Waals surface area contributed by atoms with Crippen molar-refractivity contribution < 1.29 is 4.79 Å². The highest BCUT2D eigenvalue weighted by Crippen LogP contribution is 2.33. The molecule has 1 atom stereocenters. The summed E-state index contributed by atoms with van der Waals surface area (Å²) < 4.78 is 1.06. The number of thiazole rings is 1. The van der Waals surface area contributed by atoms with Gasteiger partial charge in [-0.25, -0.2) is 4.98 Å². The number of carbonyl (C=O) groups is 1. The van der Waals surface area contributed by atoms with Gasteiger partial charge in [0.25, 0.3) is 5.91 Å². The molecule has 2 heterocycles. The van der Waals surface area contributed by atoms with E-state index in [-0.39, 0.29) is 11.8 Å². The van der Waals surface area contributed by atoms with Crippen molar-refractivity contribution in [2.24, 2.45) is 11.0 Å². The zero-order valence-electron chi connectivity index (χ0n) is 14.8. The molecule has 4 aromatic rings. The molecule has 0 radical (unpaired) electrons. The van der Waals surface area contributed by atoms with Crippen LogP contribution in [0.5, 0.6) is 0 Å². The minimum atomic E-state index is -0.247. The summed E-state index contributed by atoms with van der Waals surface area (Å²) in [6, 6.07) is 22.4. The van der Waals surface area contributed by atoms with Crippen LogP contribution in [-0.4, -0.2) is 16.6 Å². The summed E-state index contributed by atoms with van der Waals surface area (Å²) >= 11 is 1.50. The van der Waals surface area contributed by atoms with Crippen LogP contribution in [0, 0.1) is 5.92 Å². The number of carbonyl (C=O) groups excluding carboxylic acids is 1. The number of para-hydroxylation sites is 1. The Bertz CT molecular complexity index is 1170. The molecular weight excluding hydrogens is 354 g/mol. The highest BCUT2D eigenvalue weighted by molar-refractivity contribution is 7.22. The van der Waals surface area contributed by atoms with Crippen molar-refractivity contribution in [1.29, 1.82) is 0 Å². The zero-order chi connectivity index (χ0) is 18.4. The van der Waals surface area contributed by atoms with E-state index in [4.69, 9.17) is 0 Å². The first-order valence-corrected chi connectivity index (χ1v) is 9.73. The van der Waals surface area contributed by atoms with E-state index < -0.39 is 0 Å². The molecule has 5 heteroatoms. The Kier molecular flexibility index (Phi) is 3.76. The largest absolute Gasteiger partial charge is 0.272 e. The molecule has 1 aromatic heterocycles. The molecule has 1 aliphatic rings. The quantitative estimate of drug-likeness (QED) is 0.507. The number of hydrogen-bond donors (Lipinski definition) is 0. The minimum absolute atomic E-state index is 0.000472. The molecule has 0 unspecified atom stereocenters. The number of anilines is 1. The molecule has 0 spiro atoms. The van der Waals surface area contributed by atoms with Crippen LogP contribution < -0.4 is 5.01 Å². The normalized spacial score (nSPS) is 17.1. The summed E-state index contributed by atoms with van der Waals surface area (Å²) in [5, 5.41) is 9.05. The Morgan fingerprint density at radius 2 is 1.78 bits per heavy atom. The third-order valence-corrected chi connectivity index (χ3v) is 6.05. The molecule has 1 aliphatic heterocycles. The van der Waals surface area contributed by atoms with Crippen LogP contribution in [0.25, 0.3) is 21.0 Å². The van der Waals surface area contributed by atoms with Crippen molar-refractivity contribution in [2.45, 2.75) is 13.3 Å². The Balaban J connectivity index is 1.48. The van der Waals surface area contributed by atoms with E-state index in [1.165, 1.54) is 32.7 Å². The van der Waals surface area contributed by atoms with E-state index in [9.17, 15) is 4.79 Å². The fourth-order valence-corrected chi connectivity index (χ4v) is 4.54. The first kappa shape index (κ1) is 16.1. The van der Waals surface area contributed by atoms with Gasteiger partial charge in [0.1, 0.15) is 0 Å². The van der Waals surface area contributed by atoms with Crippen molar-refractivity contribution in [3.63, 3.8) is 0 Å². The maximum atomic E-state index is 13.1. The van der Waals surface area contributed by atoms with E-state index >= 15 is 0 Å². The average Bonchev–Trinajstić information content (AvgIpc) is 3.24. The van der Waals surface area contributed by atoms with Crippen LogP contribution >= 0.6 is 11.3 Å². The van der Waals surface area contributed by atoms with Gasteiger partial charge >= 0.3 is 0 Å². The first-order valence-electron chi connectivity index (χ1n) is 8.92. The fraction of sp³-hybridized carbons (Fsp3) is 0.136. The molecule has 3 aromatic carbocycles. The molecule has 27 heavy (non-hydrogen) atoms. The summed E-state index contributed by atoms with van der Waals surface area (Å²) in [6.45, 7) is 1.93. The molecule has 0 saturated carbocycles. The van der Waals surface area contributed by atoms with Gasteiger partial charge in [-0.1, -0.05) is 65.9 Å². The Labute approximate surface area is 160 Å². The van der Waals surface area contributed by atoms with Gasteiger partial charge in [0.05, 0.1) is 16.1 Å². The second kappa shape index (κ2) is 6.28. The molecule has 132 valence electrons. The second-order valence-electron chi connectivity index (χ2n) is 6.75. The molecule has 0 saturated heterocycles. The zero-order valence-corrected chi connectivity index (χ0v) is 15.6. The smallest absolute Gasteiger partial charge is 0.258 e. The van der Waals surface area contributed by atoms with Crippen LogP contribution in [-0.2, 0) is 11.2 Å². The molecule has 0 N–H and O–H groups in total. The number of aromatic nitrogens is 1. The maximum Gasteiger partial charge on any atom is 0.258 e. The fourth-order valence-electron chi connectivity index (χ4n) is 3.62. The van der Waals surface area contributed by atoms with Gasteiger partial charge in [-0.05, 0) is 41.8 Å². The lowest BCUT2D eigenvalue weighted by Gasteiger charge is -2.13. The third-order valence-electron chi connectivity index (χ3n) is 5.04. The number of hydrogen-bond acceptors (Lipinski definition) is 4. The van der Waals surface area contributed by atoms with Crippen LogP contribution in [0.4, 0.5) is 5.13 Å². The lowest BCUT2D eigenvalue weighted by molar-refractivity contribution is -0.119. The summed E-state index contributed by atoms with van der Waals surface area (Å²) in [5.74, 6) is -0.248. The molecule has 0 bridgehead atoms. The Morgan fingerprint density at radius 1 is 1.00 bits per heavy atom. The maximum absolute atomic E-state index is 13.1. The van der Waals surface area contributed by atoms with Crippen LogP contribution in [0.3, 0.4) is 0 Å². The lowest BCUT2D eigenvalue weighted by atomic mass is 9.92. The summed E-state index contributed by atoms with van der Waals surface area (Å²) in [7, 11) is 0. The van der Waals surface area contributed by atoms with Gasteiger partial charge in [0.15, 0.2) is 0 Å². The number of hydrazone groups is 1. The first-order chi connectivity index (χ1) is 13.2. The number of rotatable bonds is 3. The van der Waals surface area contributed by atoms with Gasteiger partial charge in [-0.3, -0.25) is 4.79 Å². The number of benzene rings is 3. The topological polar surface area (TPSA) is 45.6 Å². The molecule has 0 aliphatic carbocycles. The number of fused-ring (bicyclic) bond motifs is 2. The summed E-state index contributed by atoms with van der Waals surface area (Å²) in [4.78, 5) is 17.7. The van der Waals surface area contributed by atoms with Crippen molar-refractivity contribution >= 4 is 49.1 Å². The van der Waals surface area contributed by atoms with Crippen molar-refractivity contribution in [2.75, 3.05) is 5.01 Å². The monoisotopic (exact) mass is 371 g/mol. The predicted molar refractivity (Wildman–Crippen MR) is 111 cm³/mol. The molecular formula is C22H17N3OS. The summed E-state index contributed by atoms with van der Waals surface area (Å²) in [6.07, 6.45) is 0.650. The number of amides is 1. The average molecular weight is 371 g/mol. The van der Waals surface area contributed by atoms with Gasteiger partial charge < -0.3 is 0 Å². The van der Waals surface area contributed by atoms with E-state index in [0.717, 1.165) is 15.9 Å². The van der Waals surface area contributed by atoms with E-state index in [0.29, 0.717) is 11.6 Å². The molecule has 0 fully saturated rings. The Morgan fingerprint density at radius 3 is 2.67 bits per heavy atom. The van der Waals surface area contributed by atoms with Crippen LogP contribution in [0.1, 0.15) is 12.5 Å². The Hall–Kier alpha value is -3.05. The molecule has 5 rings (SSSR count). The van der Waals surface area contributed by atoms with Crippen molar-refractivity contribution in [3.05, 3.63) is 72.3 Å². The van der Waals surface area contributed by atoms with Gasteiger partial charge in [-0.15, -0.1) is 0 Å². The van der Waals surface area contributed by atoms with Crippen LogP contribution in [0.2, 0.25) is 0 Å². The SMILES string of the molecule is CC1=NN(c2nc3ccccc3s2)C(=O)[C@@H]1Cc1cccc2ccccc12. The van der Waals surface area contributed by atoms with E-state index in [1.807, 2.05) is 43.3 Å². The number of nitrogens with zero attached hydrogens (tertiary/aromatic N) is 3. The van der Waals surface area contributed by atoms with E-state index in [1.54, 1.807) is 0 Å². The highest BCUT2D eigenvalue weighted by Gasteiger charge is 2.36.